The minimum Gasteiger partial charge on any atom is -0.471 e. The summed E-state index contributed by atoms with van der Waals surface area (Å²) in [5, 5.41) is 3.32. The van der Waals surface area contributed by atoms with Gasteiger partial charge in [0.2, 0.25) is 5.88 Å². The molecule has 1 unspecified atom stereocenters. The molecular formula is C20H24F2N4O2. The Morgan fingerprint density at radius 1 is 1.32 bits per heavy atom. The lowest BCUT2D eigenvalue weighted by atomic mass is 10.1. The topological polar surface area (TPSA) is 67.4 Å². The van der Waals surface area contributed by atoms with Gasteiger partial charge in [-0.05, 0) is 31.9 Å². The van der Waals surface area contributed by atoms with E-state index in [2.05, 4.69) is 29.1 Å². The van der Waals surface area contributed by atoms with Crippen LogP contribution in [-0.2, 0) is 0 Å². The van der Waals surface area contributed by atoms with Crippen molar-refractivity contribution in [1.29, 1.82) is 0 Å². The van der Waals surface area contributed by atoms with Crippen LogP contribution in [0.4, 0.5) is 20.3 Å². The highest BCUT2D eigenvalue weighted by Crippen LogP contribution is 2.40. The van der Waals surface area contributed by atoms with Crippen LogP contribution in [0.2, 0.25) is 0 Å². The summed E-state index contributed by atoms with van der Waals surface area (Å²) >= 11 is 0. The molecule has 2 aromatic rings. The third-order valence-corrected chi connectivity index (χ3v) is 4.56. The van der Waals surface area contributed by atoms with Crippen molar-refractivity contribution in [2.24, 2.45) is 5.92 Å². The molecule has 1 atom stereocenters. The molecule has 0 saturated carbocycles. The number of pyridine rings is 2. The second-order valence-corrected chi connectivity index (χ2v) is 7.26. The van der Waals surface area contributed by atoms with Gasteiger partial charge in [-0.3, -0.25) is 9.69 Å². The van der Waals surface area contributed by atoms with Crippen molar-refractivity contribution in [3.05, 3.63) is 41.2 Å². The summed E-state index contributed by atoms with van der Waals surface area (Å²) < 4.78 is 29.7. The number of carbonyl (C=O) groups excluding carboxylic acids is 1. The maximum absolute atomic E-state index is 13.0. The Balaban J connectivity index is 1.89. The van der Waals surface area contributed by atoms with Crippen molar-refractivity contribution in [2.75, 3.05) is 23.4 Å². The molecule has 8 heteroatoms. The van der Waals surface area contributed by atoms with Crippen molar-refractivity contribution in [3.8, 4) is 5.88 Å². The molecule has 0 aromatic carbocycles. The van der Waals surface area contributed by atoms with Gasteiger partial charge in [0.25, 0.3) is 12.3 Å². The molecule has 1 N–H and O–H groups in total. The Morgan fingerprint density at radius 3 is 2.71 bits per heavy atom. The van der Waals surface area contributed by atoms with Gasteiger partial charge < -0.3 is 10.1 Å². The van der Waals surface area contributed by atoms with Crippen molar-refractivity contribution in [3.63, 3.8) is 0 Å². The van der Waals surface area contributed by atoms with E-state index in [1.54, 1.807) is 30.2 Å². The molecule has 28 heavy (non-hydrogen) atoms. The Hall–Kier alpha value is -2.77. The van der Waals surface area contributed by atoms with Gasteiger partial charge >= 0.3 is 0 Å². The number of aryl methyl sites for hydroxylation is 1. The van der Waals surface area contributed by atoms with E-state index in [0.29, 0.717) is 28.6 Å². The van der Waals surface area contributed by atoms with Crippen LogP contribution in [0.1, 0.15) is 48.3 Å². The van der Waals surface area contributed by atoms with E-state index in [1.807, 2.05) is 6.92 Å². The van der Waals surface area contributed by atoms with Gasteiger partial charge in [0.1, 0.15) is 5.82 Å². The Morgan fingerprint density at radius 2 is 2.07 bits per heavy atom. The molecule has 1 aliphatic rings. The molecule has 3 rings (SSSR count). The summed E-state index contributed by atoms with van der Waals surface area (Å²) in [7, 11) is 0. The number of alkyl halides is 2. The molecule has 0 aliphatic carbocycles. The van der Waals surface area contributed by atoms with Crippen LogP contribution in [0.3, 0.4) is 0 Å². The molecule has 0 radical (unpaired) electrons. The lowest BCUT2D eigenvalue weighted by Crippen LogP contribution is -2.26. The Labute approximate surface area is 162 Å². The standard InChI is InChI=1S/C20H24F2N4O2/c1-11(2)8-24-18-17-13(4)26(20(27)15(17)5-6-23-18)14-7-12(3)19(25-9-14)28-10-16(21)22/h5-7,9,11,13,16H,8,10H2,1-4H3,(H,23,24). The monoisotopic (exact) mass is 390 g/mol. The molecule has 6 nitrogen and oxygen atoms in total. The quantitative estimate of drug-likeness (QED) is 0.767. The summed E-state index contributed by atoms with van der Waals surface area (Å²) in [5.74, 6) is 1.15. The normalized spacial score (nSPS) is 16.1. The van der Waals surface area contributed by atoms with Crippen LogP contribution in [0.15, 0.2) is 24.5 Å². The van der Waals surface area contributed by atoms with E-state index in [1.165, 1.54) is 6.20 Å². The lowest BCUT2D eigenvalue weighted by Gasteiger charge is -2.23. The maximum atomic E-state index is 13.0. The number of nitrogens with one attached hydrogen (secondary N) is 1. The molecular weight excluding hydrogens is 366 g/mol. The SMILES string of the molecule is Cc1cc(N2C(=O)c3ccnc(NCC(C)C)c3C2C)cnc1OCC(F)F. The van der Waals surface area contributed by atoms with Crippen LogP contribution >= 0.6 is 0 Å². The number of nitrogens with zero attached hydrogens (tertiary/aromatic N) is 3. The number of hydrogen-bond donors (Lipinski definition) is 1. The summed E-state index contributed by atoms with van der Waals surface area (Å²) in [6, 6.07) is 3.21. The van der Waals surface area contributed by atoms with Crippen LogP contribution in [0, 0.1) is 12.8 Å². The average molecular weight is 390 g/mol. The molecule has 150 valence electrons. The average Bonchev–Trinajstić information content (AvgIpc) is 2.90. The van der Waals surface area contributed by atoms with Crippen molar-refractivity contribution in [1.82, 2.24) is 9.97 Å². The van der Waals surface area contributed by atoms with Crippen LogP contribution < -0.4 is 15.0 Å². The fourth-order valence-corrected chi connectivity index (χ4v) is 3.27. The summed E-state index contributed by atoms with van der Waals surface area (Å²) in [6.07, 6.45) is 0.531. The van der Waals surface area contributed by atoms with Gasteiger partial charge in [0, 0.05) is 23.9 Å². The number of aromatic nitrogens is 2. The largest absolute Gasteiger partial charge is 0.471 e. The predicted molar refractivity (Wildman–Crippen MR) is 103 cm³/mol. The highest BCUT2D eigenvalue weighted by Gasteiger charge is 2.37. The number of carbonyl (C=O) groups is 1. The molecule has 1 aliphatic heterocycles. The fourth-order valence-electron chi connectivity index (χ4n) is 3.27. The second-order valence-electron chi connectivity index (χ2n) is 7.26. The van der Waals surface area contributed by atoms with Crippen LogP contribution in [0.25, 0.3) is 0 Å². The molecule has 2 aromatic heterocycles. The van der Waals surface area contributed by atoms with Gasteiger partial charge in [-0.1, -0.05) is 13.8 Å². The number of amides is 1. The first-order chi connectivity index (χ1) is 13.3. The molecule has 0 bridgehead atoms. The highest BCUT2D eigenvalue weighted by molar-refractivity contribution is 6.11. The number of hydrogen-bond acceptors (Lipinski definition) is 5. The lowest BCUT2D eigenvalue weighted by molar-refractivity contribution is 0.0792. The van der Waals surface area contributed by atoms with E-state index in [-0.39, 0.29) is 17.8 Å². The van der Waals surface area contributed by atoms with Gasteiger partial charge in [-0.25, -0.2) is 18.7 Å². The van der Waals surface area contributed by atoms with Crippen molar-refractivity contribution in [2.45, 2.75) is 40.2 Å². The van der Waals surface area contributed by atoms with Gasteiger partial charge in [0.05, 0.1) is 23.5 Å². The Kier molecular flexibility index (Phi) is 5.76. The predicted octanol–water partition coefficient (Wildman–Crippen LogP) is 4.22. The zero-order valence-corrected chi connectivity index (χ0v) is 16.4. The van der Waals surface area contributed by atoms with E-state index in [4.69, 9.17) is 4.74 Å². The van der Waals surface area contributed by atoms with Gasteiger partial charge in [-0.15, -0.1) is 0 Å². The first-order valence-corrected chi connectivity index (χ1v) is 9.23. The minimum absolute atomic E-state index is 0.139. The minimum atomic E-state index is -2.57. The zero-order valence-electron chi connectivity index (χ0n) is 16.4. The molecule has 0 spiro atoms. The molecule has 3 heterocycles. The summed E-state index contributed by atoms with van der Waals surface area (Å²) in [6.45, 7) is 7.89. The third kappa shape index (κ3) is 3.90. The highest BCUT2D eigenvalue weighted by atomic mass is 19.3. The molecule has 0 fully saturated rings. The van der Waals surface area contributed by atoms with E-state index in [9.17, 15) is 13.6 Å². The summed E-state index contributed by atoms with van der Waals surface area (Å²) in [4.78, 5) is 23.2. The number of fused-ring (bicyclic) bond motifs is 1. The first kappa shape index (κ1) is 20.0. The van der Waals surface area contributed by atoms with E-state index in [0.717, 1.165) is 12.1 Å². The third-order valence-electron chi connectivity index (χ3n) is 4.56. The van der Waals surface area contributed by atoms with E-state index < -0.39 is 13.0 Å². The fraction of sp³-hybridized carbons (Fsp3) is 0.450. The van der Waals surface area contributed by atoms with Crippen LogP contribution in [0.5, 0.6) is 5.88 Å². The maximum Gasteiger partial charge on any atom is 0.272 e. The Bertz CT molecular complexity index is 873. The first-order valence-electron chi connectivity index (χ1n) is 9.23. The zero-order chi connectivity index (χ0) is 20.4. The van der Waals surface area contributed by atoms with Gasteiger partial charge in [-0.2, -0.15) is 0 Å². The number of ether oxygens (including phenoxy) is 1. The number of rotatable bonds is 7. The van der Waals surface area contributed by atoms with Gasteiger partial charge in [0.15, 0.2) is 6.61 Å². The molecule has 1 amide bonds. The summed E-state index contributed by atoms with van der Waals surface area (Å²) in [5.41, 5.74) is 2.63. The number of halogens is 2. The number of anilines is 2. The smallest absolute Gasteiger partial charge is 0.272 e. The van der Waals surface area contributed by atoms with Crippen LogP contribution in [-0.4, -0.2) is 35.5 Å². The van der Waals surface area contributed by atoms with Crippen molar-refractivity contribution < 1.29 is 18.3 Å². The second kappa shape index (κ2) is 8.08. The molecule has 0 saturated heterocycles. The van der Waals surface area contributed by atoms with E-state index >= 15 is 0 Å². The van der Waals surface area contributed by atoms with Crippen molar-refractivity contribution >= 4 is 17.4 Å².